The lowest BCUT2D eigenvalue weighted by Gasteiger charge is -2.29. The zero-order valence-corrected chi connectivity index (χ0v) is 14.7. The number of amides is 1. The Hall–Kier alpha value is -1.59. The molecule has 1 aromatic carbocycles. The number of carbonyl (C=O) groups is 1. The van der Waals surface area contributed by atoms with Crippen LogP contribution in [0.5, 0.6) is 5.75 Å². The fourth-order valence-electron chi connectivity index (χ4n) is 3.43. The SMILES string of the molecule is Cc1cc2c(cc1C)OC(C(=O)NCCCN1CCC(O)CC1)C2. The molecule has 5 nitrogen and oxygen atoms in total. The molecule has 1 aromatic rings. The Balaban J connectivity index is 1.39. The zero-order chi connectivity index (χ0) is 17.1. The summed E-state index contributed by atoms with van der Waals surface area (Å²) in [4.78, 5) is 14.6. The first-order chi connectivity index (χ1) is 11.5. The van der Waals surface area contributed by atoms with Crippen LogP contribution in [0.3, 0.4) is 0 Å². The molecule has 0 saturated carbocycles. The van der Waals surface area contributed by atoms with E-state index in [0.717, 1.165) is 50.2 Å². The Morgan fingerprint density at radius 1 is 1.29 bits per heavy atom. The first-order valence-electron chi connectivity index (χ1n) is 8.98. The minimum atomic E-state index is -0.397. The summed E-state index contributed by atoms with van der Waals surface area (Å²) in [7, 11) is 0. The summed E-state index contributed by atoms with van der Waals surface area (Å²) < 4.78 is 5.81. The number of rotatable bonds is 5. The van der Waals surface area contributed by atoms with E-state index in [9.17, 15) is 9.90 Å². The molecule has 5 heteroatoms. The van der Waals surface area contributed by atoms with E-state index in [0.29, 0.717) is 13.0 Å². The van der Waals surface area contributed by atoms with Crippen molar-refractivity contribution in [3.63, 3.8) is 0 Å². The molecule has 1 saturated heterocycles. The minimum absolute atomic E-state index is 0.0180. The number of aliphatic hydroxyl groups is 1. The predicted octanol–water partition coefficient (Wildman–Crippen LogP) is 1.57. The van der Waals surface area contributed by atoms with Crippen LogP contribution in [-0.4, -0.2) is 54.3 Å². The van der Waals surface area contributed by atoms with Crippen LogP contribution in [0.2, 0.25) is 0 Å². The number of ether oxygens (including phenoxy) is 1. The van der Waals surface area contributed by atoms with Gasteiger partial charge >= 0.3 is 0 Å². The maximum Gasteiger partial charge on any atom is 0.261 e. The fourth-order valence-corrected chi connectivity index (χ4v) is 3.43. The number of nitrogens with one attached hydrogen (secondary N) is 1. The number of aryl methyl sites for hydroxylation is 2. The van der Waals surface area contributed by atoms with Gasteiger partial charge in [-0.2, -0.15) is 0 Å². The highest BCUT2D eigenvalue weighted by molar-refractivity contribution is 5.82. The summed E-state index contributed by atoms with van der Waals surface area (Å²) in [5.41, 5.74) is 3.57. The van der Waals surface area contributed by atoms with Crippen molar-refractivity contribution in [1.29, 1.82) is 0 Å². The third kappa shape index (κ3) is 4.08. The second kappa shape index (κ2) is 7.53. The number of piperidine rings is 1. The molecular weight excluding hydrogens is 304 g/mol. The van der Waals surface area contributed by atoms with E-state index in [1.54, 1.807) is 0 Å². The highest BCUT2D eigenvalue weighted by atomic mass is 16.5. The van der Waals surface area contributed by atoms with Crippen LogP contribution < -0.4 is 10.1 Å². The Bertz CT molecular complexity index is 564. The summed E-state index contributed by atoms with van der Waals surface area (Å²) in [6.45, 7) is 7.70. The van der Waals surface area contributed by atoms with Crippen LogP contribution in [-0.2, 0) is 11.2 Å². The largest absolute Gasteiger partial charge is 0.480 e. The van der Waals surface area contributed by atoms with Gasteiger partial charge in [0.15, 0.2) is 6.10 Å². The molecule has 24 heavy (non-hydrogen) atoms. The second-order valence-corrected chi connectivity index (χ2v) is 7.07. The molecule has 0 aliphatic carbocycles. The summed E-state index contributed by atoms with van der Waals surface area (Å²) >= 11 is 0. The van der Waals surface area contributed by atoms with Crippen LogP contribution in [0.15, 0.2) is 12.1 Å². The molecule has 2 aliphatic heterocycles. The molecule has 132 valence electrons. The van der Waals surface area contributed by atoms with E-state index >= 15 is 0 Å². The van der Waals surface area contributed by atoms with Gasteiger partial charge in [0.05, 0.1) is 6.10 Å². The van der Waals surface area contributed by atoms with Crippen molar-refractivity contribution in [2.45, 2.75) is 51.7 Å². The van der Waals surface area contributed by atoms with Crippen molar-refractivity contribution in [1.82, 2.24) is 10.2 Å². The molecule has 2 heterocycles. The van der Waals surface area contributed by atoms with Gasteiger partial charge in [0.25, 0.3) is 5.91 Å². The van der Waals surface area contributed by atoms with E-state index in [1.807, 2.05) is 6.07 Å². The number of fused-ring (bicyclic) bond motifs is 1. The van der Waals surface area contributed by atoms with E-state index in [-0.39, 0.29) is 12.0 Å². The Labute approximate surface area is 144 Å². The molecule has 2 aliphatic rings. The maximum atomic E-state index is 12.3. The molecule has 0 aromatic heterocycles. The van der Waals surface area contributed by atoms with Crippen LogP contribution in [0, 0.1) is 13.8 Å². The molecule has 0 radical (unpaired) electrons. The van der Waals surface area contributed by atoms with Gasteiger partial charge in [0.2, 0.25) is 0 Å². The van der Waals surface area contributed by atoms with Gasteiger partial charge in [0.1, 0.15) is 5.75 Å². The third-order valence-corrected chi connectivity index (χ3v) is 5.15. The van der Waals surface area contributed by atoms with Gasteiger partial charge < -0.3 is 20.1 Å². The number of benzene rings is 1. The Morgan fingerprint density at radius 3 is 2.75 bits per heavy atom. The quantitative estimate of drug-likeness (QED) is 0.804. The number of hydrogen-bond acceptors (Lipinski definition) is 4. The minimum Gasteiger partial charge on any atom is -0.480 e. The van der Waals surface area contributed by atoms with E-state index in [1.165, 1.54) is 11.1 Å². The summed E-state index contributed by atoms with van der Waals surface area (Å²) in [6.07, 6.45) is 2.78. The van der Waals surface area contributed by atoms with Crippen molar-refractivity contribution in [2.24, 2.45) is 0 Å². The average molecular weight is 332 g/mol. The van der Waals surface area contributed by atoms with Gasteiger partial charge in [-0.15, -0.1) is 0 Å². The van der Waals surface area contributed by atoms with Crippen LogP contribution in [0.4, 0.5) is 0 Å². The highest BCUT2D eigenvalue weighted by Crippen LogP contribution is 2.31. The molecule has 2 N–H and O–H groups in total. The molecule has 0 bridgehead atoms. The number of likely N-dealkylation sites (tertiary alicyclic amines) is 1. The molecular formula is C19H28N2O3. The van der Waals surface area contributed by atoms with Crippen molar-refractivity contribution in [3.05, 3.63) is 28.8 Å². The Morgan fingerprint density at radius 2 is 2.00 bits per heavy atom. The molecule has 3 rings (SSSR count). The number of aliphatic hydroxyl groups excluding tert-OH is 1. The molecule has 1 fully saturated rings. The van der Waals surface area contributed by atoms with Gasteiger partial charge in [-0.25, -0.2) is 0 Å². The Kier molecular flexibility index (Phi) is 5.41. The smallest absolute Gasteiger partial charge is 0.261 e. The third-order valence-electron chi connectivity index (χ3n) is 5.15. The van der Waals surface area contributed by atoms with Gasteiger partial charge in [-0.1, -0.05) is 6.07 Å². The number of hydrogen-bond donors (Lipinski definition) is 2. The van der Waals surface area contributed by atoms with E-state index in [4.69, 9.17) is 4.74 Å². The normalized spacial score (nSPS) is 21.4. The van der Waals surface area contributed by atoms with Crippen LogP contribution in [0.1, 0.15) is 36.0 Å². The maximum absolute atomic E-state index is 12.3. The number of carbonyl (C=O) groups excluding carboxylic acids is 1. The van der Waals surface area contributed by atoms with Crippen molar-refractivity contribution < 1.29 is 14.6 Å². The van der Waals surface area contributed by atoms with Crippen molar-refractivity contribution in [3.8, 4) is 5.75 Å². The van der Waals surface area contributed by atoms with Gasteiger partial charge in [0, 0.05) is 26.1 Å². The lowest BCUT2D eigenvalue weighted by atomic mass is 10.0. The lowest BCUT2D eigenvalue weighted by Crippen LogP contribution is -2.40. The van der Waals surface area contributed by atoms with Gasteiger partial charge in [-0.3, -0.25) is 4.79 Å². The average Bonchev–Trinajstić information content (AvgIpc) is 2.96. The van der Waals surface area contributed by atoms with Crippen LogP contribution in [0.25, 0.3) is 0 Å². The van der Waals surface area contributed by atoms with Gasteiger partial charge in [-0.05, 0) is 62.4 Å². The summed E-state index contributed by atoms with van der Waals surface area (Å²) in [6, 6.07) is 4.16. The predicted molar refractivity (Wildman–Crippen MR) is 93.3 cm³/mol. The molecule has 1 amide bonds. The van der Waals surface area contributed by atoms with E-state index < -0.39 is 6.10 Å². The highest BCUT2D eigenvalue weighted by Gasteiger charge is 2.29. The first-order valence-corrected chi connectivity index (χ1v) is 8.98. The molecule has 0 spiro atoms. The summed E-state index contributed by atoms with van der Waals surface area (Å²) in [5.74, 6) is 0.834. The lowest BCUT2D eigenvalue weighted by molar-refractivity contribution is -0.127. The topological polar surface area (TPSA) is 61.8 Å². The molecule has 1 unspecified atom stereocenters. The van der Waals surface area contributed by atoms with Crippen molar-refractivity contribution >= 4 is 5.91 Å². The summed E-state index contributed by atoms with van der Waals surface area (Å²) in [5, 5.41) is 12.5. The molecule has 1 atom stereocenters. The van der Waals surface area contributed by atoms with Crippen LogP contribution >= 0.6 is 0 Å². The van der Waals surface area contributed by atoms with Crippen molar-refractivity contribution in [2.75, 3.05) is 26.2 Å². The standard InChI is InChI=1S/C19H28N2O3/c1-13-10-15-12-18(24-17(15)11-14(13)2)19(23)20-6-3-7-21-8-4-16(22)5-9-21/h10-11,16,18,22H,3-9,12H2,1-2H3,(H,20,23). The fraction of sp³-hybridized carbons (Fsp3) is 0.632. The monoisotopic (exact) mass is 332 g/mol. The van der Waals surface area contributed by atoms with E-state index in [2.05, 4.69) is 30.1 Å². The zero-order valence-electron chi connectivity index (χ0n) is 14.7. The second-order valence-electron chi connectivity index (χ2n) is 7.07. The first kappa shape index (κ1) is 17.2. The number of nitrogens with zero attached hydrogens (tertiary/aromatic N) is 1.